The van der Waals surface area contributed by atoms with Crippen LogP contribution in [-0.4, -0.2) is 7.11 Å². The summed E-state index contributed by atoms with van der Waals surface area (Å²) in [6.07, 6.45) is 0. The molecule has 0 N–H and O–H groups in total. The topological polar surface area (TPSA) is 9.23 Å². The van der Waals surface area contributed by atoms with Crippen LogP contribution in [0.2, 0.25) is 10.0 Å². The third-order valence-corrected chi connectivity index (χ3v) is 4.25. The molecule has 0 saturated carbocycles. The zero-order chi connectivity index (χ0) is 14.0. The van der Waals surface area contributed by atoms with Crippen LogP contribution in [0, 0.1) is 5.82 Å². The van der Waals surface area contributed by atoms with E-state index in [9.17, 15) is 4.39 Å². The smallest absolute Gasteiger partial charge is 0.124 e. The molecule has 0 bridgehead atoms. The number of methoxy groups -OCH3 is 1. The Kier molecular flexibility index (Phi) is 4.71. The fourth-order valence-electron chi connectivity index (χ4n) is 1.78. The van der Waals surface area contributed by atoms with E-state index in [1.807, 2.05) is 0 Å². The minimum atomic E-state index is -0.369. The lowest BCUT2D eigenvalue weighted by atomic mass is 10.0. The van der Waals surface area contributed by atoms with Gasteiger partial charge in [0.25, 0.3) is 0 Å². The van der Waals surface area contributed by atoms with Crippen LogP contribution >= 0.6 is 39.1 Å². The zero-order valence-electron chi connectivity index (χ0n) is 9.96. The van der Waals surface area contributed by atoms with E-state index in [-0.39, 0.29) is 10.6 Å². The average molecular weight is 364 g/mol. The normalized spacial score (nSPS) is 12.3. The molecule has 5 heteroatoms. The Morgan fingerprint density at radius 1 is 1.11 bits per heavy atom. The molecule has 0 fully saturated rings. The van der Waals surface area contributed by atoms with Crippen molar-refractivity contribution in [3.8, 4) is 5.75 Å². The third-order valence-electron chi connectivity index (χ3n) is 2.70. The molecule has 0 aliphatic heterocycles. The molecule has 1 unspecified atom stereocenters. The van der Waals surface area contributed by atoms with E-state index in [1.54, 1.807) is 31.4 Å². The molecule has 1 atom stereocenters. The Balaban J connectivity index is 2.49. The fourth-order valence-corrected chi connectivity index (χ4v) is 3.12. The number of ether oxygens (including phenoxy) is 1. The molecule has 1 nitrogen and oxygen atoms in total. The highest BCUT2D eigenvalue weighted by Crippen LogP contribution is 2.40. The van der Waals surface area contributed by atoms with Gasteiger partial charge >= 0.3 is 0 Å². The first-order valence-corrected chi connectivity index (χ1v) is 7.12. The van der Waals surface area contributed by atoms with Crippen LogP contribution in [0.3, 0.4) is 0 Å². The van der Waals surface area contributed by atoms with Crippen molar-refractivity contribution in [3.05, 3.63) is 63.4 Å². The Bertz CT molecular complexity index is 604. The second-order valence-corrected chi connectivity index (χ2v) is 5.67. The van der Waals surface area contributed by atoms with Crippen molar-refractivity contribution in [2.45, 2.75) is 4.83 Å². The molecular formula is C14H10BrCl2FO. The van der Waals surface area contributed by atoms with Crippen LogP contribution in [0.25, 0.3) is 0 Å². The standard InChI is InChI=1S/C14H10BrCl2FO/c1-19-13-5-2-8(16)6-11(13)14(15)10-4-3-9(18)7-12(10)17/h2-7,14H,1H3. The number of halogens is 4. The highest BCUT2D eigenvalue weighted by molar-refractivity contribution is 9.09. The summed E-state index contributed by atoms with van der Waals surface area (Å²) in [5, 5.41) is 0.947. The van der Waals surface area contributed by atoms with E-state index < -0.39 is 0 Å². The highest BCUT2D eigenvalue weighted by Gasteiger charge is 2.18. The van der Waals surface area contributed by atoms with Crippen LogP contribution in [0.1, 0.15) is 16.0 Å². The molecule has 2 aromatic carbocycles. The van der Waals surface area contributed by atoms with Crippen molar-refractivity contribution in [2.75, 3.05) is 7.11 Å². The molecular weight excluding hydrogens is 354 g/mol. The van der Waals surface area contributed by atoms with E-state index in [2.05, 4.69) is 15.9 Å². The van der Waals surface area contributed by atoms with Crippen molar-refractivity contribution in [3.63, 3.8) is 0 Å². The SMILES string of the molecule is COc1ccc(Cl)cc1C(Br)c1ccc(F)cc1Cl. The van der Waals surface area contributed by atoms with Gasteiger partial charge in [-0.05, 0) is 35.9 Å². The van der Waals surface area contributed by atoms with Gasteiger partial charge < -0.3 is 4.74 Å². The second kappa shape index (κ2) is 6.12. The van der Waals surface area contributed by atoms with E-state index >= 15 is 0 Å². The van der Waals surface area contributed by atoms with E-state index in [0.29, 0.717) is 15.8 Å². The summed E-state index contributed by atoms with van der Waals surface area (Å²) in [5.41, 5.74) is 1.59. The van der Waals surface area contributed by atoms with Crippen molar-refractivity contribution in [1.82, 2.24) is 0 Å². The Morgan fingerprint density at radius 2 is 1.84 bits per heavy atom. The van der Waals surface area contributed by atoms with E-state index in [0.717, 1.165) is 11.1 Å². The average Bonchev–Trinajstić information content (AvgIpc) is 2.38. The first kappa shape index (κ1) is 14.6. The lowest BCUT2D eigenvalue weighted by molar-refractivity contribution is 0.410. The molecule has 19 heavy (non-hydrogen) atoms. The Morgan fingerprint density at radius 3 is 2.47 bits per heavy atom. The molecule has 2 rings (SSSR count). The lowest BCUT2D eigenvalue weighted by Crippen LogP contribution is -1.98. The molecule has 0 amide bonds. The van der Waals surface area contributed by atoms with E-state index in [1.165, 1.54) is 12.1 Å². The van der Waals surface area contributed by atoms with Gasteiger partial charge in [0.15, 0.2) is 0 Å². The van der Waals surface area contributed by atoms with Crippen LogP contribution in [0.15, 0.2) is 36.4 Å². The number of hydrogen-bond donors (Lipinski definition) is 0. The lowest BCUT2D eigenvalue weighted by Gasteiger charge is -2.16. The number of rotatable bonds is 3. The molecule has 0 aliphatic rings. The predicted molar refractivity (Wildman–Crippen MR) is 80.2 cm³/mol. The monoisotopic (exact) mass is 362 g/mol. The maximum Gasteiger partial charge on any atom is 0.124 e. The van der Waals surface area contributed by atoms with Crippen LogP contribution in [0.5, 0.6) is 5.75 Å². The Labute approximate surface area is 129 Å². The molecule has 0 radical (unpaired) electrons. The molecule has 0 saturated heterocycles. The summed E-state index contributed by atoms with van der Waals surface area (Å²) < 4.78 is 18.4. The summed E-state index contributed by atoms with van der Waals surface area (Å²) in [6.45, 7) is 0. The van der Waals surface area contributed by atoms with Gasteiger partial charge in [-0.3, -0.25) is 0 Å². The molecule has 0 aromatic heterocycles. The quantitative estimate of drug-likeness (QED) is 0.642. The predicted octanol–water partition coefficient (Wildman–Crippen LogP) is 5.63. The third kappa shape index (κ3) is 3.22. The van der Waals surface area contributed by atoms with Crippen molar-refractivity contribution < 1.29 is 9.13 Å². The van der Waals surface area contributed by atoms with Gasteiger partial charge in [-0.25, -0.2) is 4.39 Å². The molecule has 0 spiro atoms. The zero-order valence-corrected chi connectivity index (χ0v) is 13.1. The van der Waals surface area contributed by atoms with Gasteiger partial charge in [0.2, 0.25) is 0 Å². The maximum absolute atomic E-state index is 13.1. The van der Waals surface area contributed by atoms with Crippen LogP contribution in [0.4, 0.5) is 4.39 Å². The summed E-state index contributed by atoms with van der Waals surface area (Å²) >= 11 is 15.6. The minimum absolute atomic E-state index is 0.228. The minimum Gasteiger partial charge on any atom is -0.496 e. The van der Waals surface area contributed by atoms with Gasteiger partial charge in [0, 0.05) is 15.6 Å². The van der Waals surface area contributed by atoms with Gasteiger partial charge in [-0.15, -0.1) is 0 Å². The van der Waals surface area contributed by atoms with Crippen LogP contribution < -0.4 is 4.74 Å². The first-order chi connectivity index (χ1) is 9.02. The number of hydrogen-bond acceptors (Lipinski definition) is 1. The number of benzene rings is 2. The summed E-state index contributed by atoms with van der Waals surface area (Å²) in [6, 6.07) is 9.60. The molecule has 100 valence electrons. The van der Waals surface area contributed by atoms with Crippen LogP contribution in [-0.2, 0) is 0 Å². The van der Waals surface area contributed by atoms with Gasteiger partial charge in [0.1, 0.15) is 11.6 Å². The highest BCUT2D eigenvalue weighted by atomic mass is 79.9. The first-order valence-electron chi connectivity index (χ1n) is 5.45. The van der Waals surface area contributed by atoms with Crippen molar-refractivity contribution >= 4 is 39.1 Å². The van der Waals surface area contributed by atoms with Gasteiger partial charge in [-0.1, -0.05) is 45.2 Å². The fraction of sp³-hybridized carbons (Fsp3) is 0.143. The van der Waals surface area contributed by atoms with Crippen molar-refractivity contribution in [2.24, 2.45) is 0 Å². The summed E-state index contributed by atoms with van der Waals surface area (Å²) in [4.78, 5) is -0.228. The molecule has 0 heterocycles. The second-order valence-electron chi connectivity index (χ2n) is 3.91. The maximum atomic E-state index is 13.1. The number of alkyl halides is 1. The van der Waals surface area contributed by atoms with E-state index in [4.69, 9.17) is 27.9 Å². The Hall–Kier alpha value is -0.770. The molecule has 0 aliphatic carbocycles. The van der Waals surface area contributed by atoms with Gasteiger partial charge in [-0.2, -0.15) is 0 Å². The van der Waals surface area contributed by atoms with Crippen molar-refractivity contribution in [1.29, 1.82) is 0 Å². The van der Waals surface area contributed by atoms with Gasteiger partial charge in [0.05, 0.1) is 11.9 Å². The summed E-state index contributed by atoms with van der Waals surface area (Å²) in [5.74, 6) is 0.318. The molecule has 2 aromatic rings. The summed E-state index contributed by atoms with van der Waals surface area (Å²) in [7, 11) is 1.58. The largest absolute Gasteiger partial charge is 0.496 e.